The third kappa shape index (κ3) is 3.55. The molecule has 1 aromatic rings. The van der Waals surface area contributed by atoms with E-state index in [1.54, 1.807) is 11.3 Å². The van der Waals surface area contributed by atoms with Crippen molar-refractivity contribution >= 4 is 39.0 Å². The van der Waals surface area contributed by atoms with Gasteiger partial charge < -0.3 is 0 Å². The molecule has 0 aliphatic carbocycles. The van der Waals surface area contributed by atoms with Crippen LogP contribution in [0.1, 0.15) is 25.5 Å². The molecule has 1 atom stereocenters. The van der Waals surface area contributed by atoms with Crippen LogP contribution in [0.5, 0.6) is 0 Å². The van der Waals surface area contributed by atoms with Crippen LogP contribution >= 0.6 is 39.0 Å². The molecule has 0 spiro atoms. The highest BCUT2D eigenvalue weighted by Crippen LogP contribution is 2.29. The molecule has 1 heterocycles. The molecule has 0 aromatic carbocycles. The highest BCUT2D eigenvalue weighted by Gasteiger charge is 2.14. The molecular weight excluding hydrogens is 280 g/mol. The summed E-state index contributed by atoms with van der Waals surface area (Å²) in [6.45, 7) is 4.39. The largest absolute Gasteiger partial charge is 0.271 e. The number of nitrogens with one attached hydrogen (secondary N) is 1. The molecule has 0 saturated heterocycles. The number of hydrogen-bond acceptors (Lipinski definition) is 4. The number of hydrogen-bond donors (Lipinski definition) is 2. The fourth-order valence-corrected chi connectivity index (χ4v) is 3.54. The third-order valence-electron chi connectivity index (χ3n) is 1.82. The molecule has 0 radical (unpaired) electrons. The molecule has 0 fully saturated rings. The number of nitrogens with two attached hydrogens (primary N) is 1. The van der Waals surface area contributed by atoms with Crippen molar-refractivity contribution in [3.8, 4) is 0 Å². The minimum atomic E-state index is 0.239. The predicted molar refractivity (Wildman–Crippen MR) is 69.7 cm³/mol. The summed E-state index contributed by atoms with van der Waals surface area (Å²) in [7, 11) is 0. The fourth-order valence-electron chi connectivity index (χ4n) is 1.06. The number of thioether (sulfide) groups is 1. The van der Waals surface area contributed by atoms with E-state index in [4.69, 9.17) is 5.84 Å². The summed E-state index contributed by atoms with van der Waals surface area (Å²) in [5.74, 6) is 6.54. The van der Waals surface area contributed by atoms with Crippen LogP contribution in [-0.4, -0.2) is 11.0 Å². The molecule has 80 valence electrons. The average Bonchev–Trinajstić information content (AvgIpc) is 2.53. The Morgan fingerprint density at radius 3 is 2.71 bits per heavy atom. The van der Waals surface area contributed by atoms with Gasteiger partial charge in [-0.3, -0.25) is 11.3 Å². The van der Waals surface area contributed by atoms with E-state index >= 15 is 0 Å². The molecule has 1 aromatic heterocycles. The Labute approximate surface area is 102 Å². The van der Waals surface area contributed by atoms with Gasteiger partial charge in [0.15, 0.2) is 0 Å². The van der Waals surface area contributed by atoms with Gasteiger partial charge in [-0.1, -0.05) is 13.8 Å². The first-order valence-corrected chi connectivity index (χ1v) is 7.23. The van der Waals surface area contributed by atoms with Crippen LogP contribution in [-0.2, 0) is 0 Å². The van der Waals surface area contributed by atoms with Gasteiger partial charge in [0.2, 0.25) is 0 Å². The maximum atomic E-state index is 5.54. The predicted octanol–water partition coefficient (Wildman–Crippen LogP) is 3.16. The maximum Gasteiger partial charge on any atom is 0.0569 e. The van der Waals surface area contributed by atoms with Crippen molar-refractivity contribution in [3.05, 3.63) is 20.8 Å². The van der Waals surface area contributed by atoms with Gasteiger partial charge in [0.1, 0.15) is 0 Å². The van der Waals surface area contributed by atoms with E-state index in [0.717, 1.165) is 10.2 Å². The lowest BCUT2D eigenvalue weighted by molar-refractivity contribution is 0.610. The summed E-state index contributed by atoms with van der Waals surface area (Å²) in [5, 5.41) is 4.86. The van der Waals surface area contributed by atoms with E-state index in [2.05, 4.69) is 46.0 Å². The molecule has 2 nitrogen and oxygen atoms in total. The van der Waals surface area contributed by atoms with Gasteiger partial charge in [-0.15, -0.1) is 0 Å². The van der Waals surface area contributed by atoms with Crippen molar-refractivity contribution < 1.29 is 0 Å². The van der Waals surface area contributed by atoms with Crippen LogP contribution in [0.25, 0.3) is 0 Å². The minimum absolute atomic E-state index is 0.239. The molecule has 3 N–H and O–H groups in total. The first-order chi connectivity index (χ1) is 6.65. The summed E-state index contributed by atoms with van der Waals surface area (Å²) in [4.78, 5) is 0. The Morgan fingerprint density at radius 1 is 1.57 bits per heavy atom. The van der Waals surface area contributed by atoms with Crippen LogP contribution < -0.4 is 11.3 Å². The van der Waals surface area contributed by atoms with Gasteiger partial charge in [-0.25, -0.2) is 0 Å². The lowest BCUT2D eigenvalue weighted by atomic mass is 10.2. The summed E-state index contributed by atoms with van der Waals surface area (Å²) >= 11 is 7.12. The van der Waals surface area contributed by atoms with Crippen LogP contribution in [0.15, 0.2) is 15.2 Å². The van der Waals surface area contributed by atoms with Crippen LogP contribution in [0.3, 0.4) is 0 Å². The normalized spacial score (nSPS) is 13.5. The lowest BCUT2D eigenvalue weighted by Crippen LogP contribution is -2.29. The quantitative estimate of drug-likeness (QED) is 0.647. The Bertz CT molecular complexity index is 276. The van der Waals surface area contributed by atoms with E-state index in [1.807, 2.05) is 11.8 Å². The van der Waals surface area contributed by atoms with Crippen molar-refractivity contribution in [3.63, 3.8) is 0 Å². The first kappa shape index (κ1) is 12.5. The zero-order chi connectivity index (χ0) is 10.6. The summed E-state index contributed by atoms with van der Waals surface area (Å²) < 4.78 is 1.15. The number of halogens is 1. The van der Waals surface area contributed by atoms with Crippen LogP contribution in [0, 0.1) is 0 Å². The van der Waals surface area contributed by atoms with E-state index in [0.29, 0.717) is 5.25 Å². The Morgan fingerprint density at radius 2 is 2.29 bits per heavy atom. The smallest absolute Gasteiger partial charge is 0.0569 e. The molecular formula is C9H15BrN2S2. The highest BCUT2D eigenvalue weighted by molar-refractivity contribution is 9.10. The topological polar surface area (TPSA) is 38.0 Å². The monoisotopic (exact) mass is 294 g/mol. The van der Waals surface area contributed by atoms with Crippen molar-refractivity contribution in [1.82, 2.24) is 5.43 Å². The van der Waals surface area contributed by atoms with Crippen molar-refractivity contribution in [2.24, 2.45) is 5.84 Å². The molecule has 1 rings (SSSR count). The lowest BCUT2D eigenvalue weighted by Gasteiger charge is -2.16. The minimum Gasteiger partial charge on any atom is -0.271 e. The Kier molecular flexibility index (Phi) is 5.48. The van der Waals surface area contributed by atoms with Gasteiger partial charge in [0.05, 0.1) is 6.04 Å². The van der Waals surface area contributed by atoms with Gasteiger partial charge in [-0.05, 0) is 32.1 Å². The molecule has 0 aliphatic heterocycles. The molecule has 0 bridgehead atoms. The fraction of sp³-hybridized carbons (Fsp3) is 0.556. The van der Waals surface area contributed by atoms with E-state index in [9.17, 15) is 0 Å². The third-order valence-corrected chi connectivity index (χ3v) is 4.76. The molecule has 14 heavy (non-hydrogen) atoms. The van der Waals surface area contributed by atoms with Crippen LogP contribution in [0.4, 0.5) is 0 Å². The van der Waals surface area contributed by atoms with Gasteiger partial charge in [0.25, 0.3) is 0 Å². The Hall–Kier alpha value is 0.450. The van der Waals surface area contributed by atoms with Gasteiger partial charge >= 0.3 is 0 Å². The van der Waals surface area contributed by atoms with Crippen LogP contribution in [0.2, 0.25) is 0 Å². The Balaban J connectivity index is 2.58. The second-order valence-electron chi connectivity index (χ2n) is 3.28. The van der Waals surface area contributed by atoms with E-state index in [-0.39, 0.29) is 6.04 Å². The van der Waals surface area contributed by atoms with E-state index < -0.39 is 0 Å². The zero-order valence-electron chi connectivity index (χ0n) is 8.29. The molecule has 5 heteroatoms. The van der Waals surface area contributed by atoms with Crippen molar-refractivity contribution in [2.45, 2.75) is 25.1 Å². The SMILES string of the molecule is CC(C)SCC(NN)c1cscc1Br. The number of rotatable bonds is 5. The standard InChI is InChI=1S/C9H15BrN2S2/c1-6(2)14-5-9(12-11)7-3-13-4-8(7)10/h3-4,6,9,12H,5,11H2,1-2H3. The summed E-state index contributed by atoms with van der Waals surface area (Å²) in [6, 6.07) is 0.239. The average molecular weight is 295 g/mol. The van der Waals surface area contributed by atoms with Crippen molar-refractivity contribution in [2.75, 3.05) is 5.75 Å². The van der Waals surface area contributed by atoms with Gasteiger partial charge in [0, 0.05) is 15.6 Å². The second-order valence-corrected chi connectivity index (χ2v) is 6.48. The van der Waals surface area contributed by atoms with Gasteiger partial charge in [-0.2, -0.15) is 23.1 Å². The number of hydrazine groups is 1. The summed E-state index contributed by atoms with van der Waals surface area (Å²) in [6.07, 6.45) is 0. The maximum absolute atomic E-state index is 5.54. The highest BCUT2D eigenvalue weighted by atomic mass is 79.9. The molecule has 0 amide bonds. The zero-order valence-corrected chi connectivity index (χ0v) is 11.5. The number of thiophene rings is 1. The summed E-state index contributed by atoms with van der Waals surface area (Å²) in [5.41, 5.74) is 4.11. The molecule has 0 saturated carbocycles. The molecule has 0 aliphatic rings. The van der Waals surface area contributed by atoms with E-state index in [1.165, 1.54) is 5.56 Å². The van der Waals surface area contributed by atoms with Crippen molar-refractivity contribution in [1.29, 1.82) is 0 Å². The first-order valence-electron chi connectivity index (χ1n) is 4.44. The molecule has 1 unspecified atom stereocenters. The second kappa shape index (κ2) is 6.12.